The molecule has 0 aromatic carbocycles. The normalized spacial score (nSPS) is 12.9. The Balaban J connectivity index is 2.92. The Hall–Kier alpha value is -1.09. The molecule has 1 rings (SSSR count). The van der Waals surface area contributed by atoms with Gasteiger partial charge in [-0.15, -0.1) is 6.58 Å². The van der Waals surface area contributed by atoms with E-state index < -0.39 is 6.10 Å². The first-order valence-electron chi connectivity index (χ1n) is 3.94. The number of rotatable bonds is 3. The maximum absolute atomic E-state index is 9.64. The van der Waals surface area contributed by atoms with Crippen molar-refractivity contribution >= 4 is 0 Å². The molecule has 1 aromatic rings. The van der Waals surface area contributed by atoms with Crippen LogP contribution in [0.15, 0.2) is 18.9 Å². The Morgan fingerprint density at radius 2 is 2.50 bits per heavy atom. The van der Waals surface area contributed by atoms with Crippen LogP contribution in [-0.4, -0.2) is 14.9 Å². The quantitative estimate of drug-likeness (QED) is 0.688. The molecular formula is C9H14N2O. The highest BCUT2D eigenvalue weighted by Gasteiger charge is 2.12. The number of aliphatic hydroxyl groups is 1. The highest BCUT2D eigenvalue weighted by molar-refractivity contribution is 5.18. The zero-order valence-corrected chi connectivity index (χ0v) is 7.49. The van der Waals surface area contributed by atoms with Crippen molar-refractivity contribution in [2.75, 3.05) is 0 Å². The molecule has 0 saturated carbocycles. The van der Waals surface area contributed by atoms with E-state index in [0.717, 1.165) is 11.3 Å². The Kier molecular flexibility index (Phi) is 2.65. The summed E-state index contributed by atoms with van der Waals surface area (Å²) in [5.41, 5.74) is 1.89. The molecular weight excluding hydrogens is 152 g/mol. The third-order valence-corrected chi connectivity index (χ3v) is 1.88. The summed E-state index contributed by atoms with van der Waals surface area (Å²) in [5.74, 6) is 0. The average molecular weight is 166 g/mol. The van der Waals surface area contributed by atoms with Crippen LogP contribution < -0.4 is 0 Å². The summed E-state index contributed by atoms with van der Waals surface area (Å²) in [6, 6.07) is 0. The maximum atomic E-state index is 9.64. The molecule has 0 fully saturated rings. The Morgan fingerprint density at radius 1 is 1.83 bits per heavy atom. The van der Waals surface area contributed by atoms with Gasteiger partial charge in [-0.05, 0) is 18.9 Å². The van der Waals surface area contributed by atoms with Crippen LogP contribution >= 0.6 is 0 Å². The van der Waals surface area contributed by atoms with Gasteiger partial charge in [0, 0.05) is 7.05 Å². The van der Waals surface area contributed by atoms with Crippen molar-refractivity contribution in [2.45, 2.75) is 19.4 Å². The number of nitrogens with zero attached hydrogens (tertiary/aromatic N) is 2. The molecule has 1 heterocycles. The second kappa shape index (κ2) is 3.54. The van der Waals surface area contributed by atoms with Crippen LogP contribution in [0.3, 0.4) is 0 Å². The van der Waals surface area contributed by atoms with Gasteiger partial charge in [-0.1, -0.05) is 6.08 Å². The molecule has 1 unspecified atom stereocenters. The van der Waals surface area contributed by atoms with E-state index in [9.17, 15) is 5.11 Å². The third-order valence-electron chi connectivity index (χ3n) is 1.88. The van der Waals surface area contributed by atoms with Gasteiger partial charge in [-0.3, -0.25) is 4.68 Å². The Bertz CT molecular complexity index is 259. The van der Waals surface area contributed by atoms with Crippen LogP contribution in [0.5, 0.6) is 0 Å². The lowest BCUT2D eigenvalue weighted by molar-refractivity contribution is 0.171. The molecule has 0 radical (unpaired) electrons. The lowest BCUT2D eigenvalue weighted by Gasteiger charge is -2.09. The highest BCUT2D eigenvalue weighted by atomic mass is 16.3. The zero-order chi connectivity index (χ0) is 9.14. The minimum Gasteiger partial charge on any atom is -0.386 e. The van der Waals surface area contributed by atoms with Gasteiger partial charge in [-0.25, -0.2) is 0 Å². The van der Waals surface area contributed by atoms with E-state index in [1.807, 2.05) is 14.0 Å². The van der Waals surface area contributed by atoms with Gasteiger partial charge in [0.2, 0.25) is 0 Å². The summed E-state index contributed by atoms with van der Waals surface area (Å²) in [4.78, 5) is 0. The summed E-state index contributed by atoms with van der Waals surface area (Å²) in [5, 5.41) is 13.7. The molecule has 0 aliphatic rings. The van der Waals surface area contributed by atoms with Crippen LogP contribution in [-0.2, 0) is 7.05 Å². The van der Waals surface area contributed by atoms with Gasteiger partial charge in [0.15, 0.2) is 0 Å². The smallest absolute Gasteiger partial charge is 0.0993 e. The second-order valence-corrected chi connectivity index (χ2v) is 2.88. The molecule has 0 saturated heterocycles. The fourth-order valence-corrected chi connectivity index (χ4v) is 1.30. The second-order valence-electron chi connectivity index (χ2n) is 2.88. The lowest BCUT2D eigenvalue weighted by atomic mass is 10.1. The third kappa shape index (κ3) is 1.56. The van der Waals surface area contributed by atoms with Crippen LogP contribution in [0.4, 0.5) is 0 Å². The van der Waals surface area contributed by atoms with Gasteiger partial charge in [0.25, 0.3) is 0 Å². The van der Waals surface area contributed by atoms with E-state index >= 15 is 0 Å². The van der Waals surface area contributed by atoms with Gasteiger partial charge in [-0.2, -0.15) is 5.10 Å². The van der Waals surface area contributed by atoms with Crippen molar-refractivity contribution in [3.63, 3.8) is 0 Å². The van der Waals surface area contributed by atoms with Crippen LogP contribution in [0.2, 0.25) is 0 Å². The van der Waals surface area contributed by atoms with Crippen LogP contribution in [0.1, 0.15) is 23.8 Å². The predicted octanol–water partition coefficient (Wildman–Crippen LogP) is 1.34. The Labute approximate surface area is 72.3 Å². The summed E-state index contributed by atoms with van der Waals surface area (Å²) < 4.78 is 1.70. The van der Waals surface area contributed by atoms with E-state index in [4.69, 9.17) is 0 Å². The van der Waals surface area contributed by atoms with Crippen molar-refractivity contribution in [3.05, 3.63) is 30.1 Å². The number of aryl methyl sites for hydroxylation is 2. The van der Waals surface area contributed by atoms with Crippen molar-refractivity contribution in [3.8, 4) is 0 Å². The fraction of sp³-hybridized carbons (Fsp3) is 0.444. The average Bonchev–Trinajstić information content (AvgIpc) is 2.32. The van der Waals surface area contributed by atoms with E-state index in [1.165, 1.54) is 0 Å². The van der Waals surface area contributed by atoms with Crippen molar-refractivity contribution < 1.29 is 5.11 Å². The SMILES string of the molecule is C=CCC(O)c1c(C)cnn1C. The van der Waals surface area contributed by atoms with Crippen molar-refractivity contribution in [2.24, 2.45) is 7.05 Å². The molecule has 1 atom stereocenters. The summed E-state index contributed by atoms with van der Waals surface area (Å²) in [6.45, 7) is 5.52. The van der Waals surface area contributed by atoms with Gasteiger partial charge < -0.3 is 5.11 Å². The number of hydrogen-bond acceptors (Lipinski definition) is 2. The van der Waals surface area contributed by atoms with Crippen molar-refractivity contribution in [1.82, 2.24) is 9.78 Å². The molecule has 1 aromatic heterocycles. The van der Waals surface area contributed by atoms with Gasteiger partial charge in [0.1, 0.15) is 0 Å². The van der Waals surface area contributed by atoms with Crippen LogP contribution in [0, 0.1) is 6.92 Å². The van der Waals surface area contributed by atoms with E-state index in [2.05, 4.69) is 11.7 Å². The molecule has 66 valence electrons. The summed E-state index contributed by atoms with van der Waals surface area (Å²) in [7, 11) is 1.83. The summed E-state index contributed by atoms with van der Waals surface area (Å²) in [6.07, 6.45) is 3.55. The highest BCUT2D eigenvalue weighted by Crippen LogP contribution is 2.19. The molecule has 12 heavy (non-hydrogen) atoms. The molecule has 0 amide bonds. The molecule has 1 N–H and O–H groups in total. The van der Waals surface area contributed by atoms with Gasteiger partial charge in [0.05, 0.1) is 18.0 Å². The molecule has 0 aliphatic heterocycles. The predicted molar refractivity (Wildman–Crippen MR) is 47.7 cm³/mol. The molecule has 3 heteroatoms. The first kappa shape index (κ1) is 9.00. The zero-order valence-electron chi connectivity index (χ0n) is 7.49. The van der Waals surface area contributed by atoms with E-state index in [0.29, 0.717) is 6.42 Å². The van der Waals surface area contributed by atoms with Crippen molar-refractivity contribution in [1.29, 1.82) is 0 Å². The molecule has 0 bridgehead atoms. The topological polar surface area (TPSA) is 38.1 Å². The first-order chi connectivity index (χ1) is 5.66. The van der Waals surface area contributed by atoms with E-state index in [1.54, 1.807) is 17.0 Å². The number of aromatic nitrogens is 2. The lowest BCUT2D eigenvalue weighted by Crippen LogP contribution is -2.05. The Morgan fingerprint density at radius 3 is 2.92 bits per heavy atom. The number of aliphatic hydroxyl groups excluding tert-OH is 1. The minimum absolute atomic E-state index is 0.477. The first-order valence-corrected chi connectivity index (χ1v) is 3.94. The van der Waals surface area contributed by atoms with Crippen LogP contribution in [0.25, 0.3) is 0 Å². The molecule has 0 spiro atoms. The number of hydrogen-bond donors (Lipinski definition) is 1. The maximum Gasteiger partial charge on any atom is 0.0993 e. The van der Waals surface area contributed by atoms with E-state index in [-0.39, 0.29) is 0 Å². The molecule has 0 aliphatic carbocycles. The standard InChI is InChI=1S/C9H14N2O/c1-4-5-8(12)9-7(2)6-10-11(9)3/h4,6,8,12H,1,5H2,2-3H3. The molecule has 3 nitrogen and oxygen atoms in total. The fourth-order valence-electron chi connectivity index (χ4n) is 1.30. The largest absolute Gasteiger partial charge is 0.386 e. The van der Waals surface area contributed by atoms with Gasteiger partial charge >= 0.3 is 0 Å². The summed E-state index contributed by atoms with van der Waals surface area (Å²) >= 11 is 0. The monoisotopic (exact) mass is 166 g/mol. The minimum atomic E-state index is -0.477.